The molecule has 2 aliphatic heterocycles. The fourth-order valence-electron chi connectivity index (χ4n) is 3.20. The van der Waals surface area contributed by atoms with Crippen LogP contribution in [-0.2, 0) is 0 Å². The first-order chi connectivity index (χ1) is 9.01. The monoisotopic (exact) mass is 268 g/mol. The van der Waals surface area contributed by atoms with Gasteiger partial charge in [-0.05, 0) is 46.8 Å². The van der Waals surface area contributed by atoms with E-state index in [1.165, 1.54) is 0 Å². The minimum Gasteiger partial charge on any atom is -0.331 e. The van der Waals surface area contributed by atoms with Gasteiger partial charge in [-0.1, -0.05) is 0 Å². The van der Waals surface area contributed by atoms with E-state index in [0.29, 0.717) is 0 Å². The van der Waals surface area contributed by atoms with E-state index in [9.17, 15) is 4.79 Å². The fourth-order valence-corrected chi connectivity index (χ4v) is 3.20. The number of urea groups is 1. The van der Waals surface area contributed by atoms with Crippen molar-refractivity contribution >= 4 is 6.03 Å². The molecule has 1 N–H and O–H groups in total. The highest BCUT2D eigenvalue weighted by atomic mass is 16.2. The number of hydrogen-bond donors (Lipinski definition) is 1. The maximum absolute atomic E-state index is 12.4. The van der Waals surface area contributed by atoms with Gasteiger partial charge in [0, 0.05) is 32.7 Å². The number of carbonyl (C=O) groups excluding carboxylic acids is 1. The number of nitrogens with one attached hydrogen (secondary N) is 1. The van der Waals surface area contributed by atoms with Crippen molar-refractivity contribution in [2.75, 3.05) is 53.9 Å². The van der Waals surface area contributed by atoms with Crippen LogP contribution in [0.25, 0.3) is 0 Å². The fraction of sp³-hybridized carbons (Fsp3) is 0.929. The van der Waals surface area contributed by atoms with Crippen molar-refractivity contribution in [3.8, 4) is 0 Å². The highest BCUT2D eigenvalue weighted by Crippen LogP contribution is 2.23. The van der Waals surface area contributed by atoms with Crippen LogP contribution in [0.3, 0.4) is 0 Å². The van der Waals surface area contributed by atoms with Gasteiger partial charge in [0.2, 0.25) is 0 Å². The molecule has 0 aromatic carbocycles. The molecule has 0 spiro atoms. The first-order valence-corrected chi connectivity index (χ1v) is 7.41. The molecule has 2 heterocycles. The van der Waals surface area contributed by atoms with Crippen LogP contribution in [0.2, 0.25) is 0 Å². The number of amides is 2. The normalized spacial score (nSPS) is 23.9. The third-order valence-electron chi connectivity index (χ3n) is 4.33. The molecule has 2 saturated heterocycles. The summed E-state index contributed by atoms with van der Waals surface area (Å²) < 4.78 is 0. The molecule has 2 aliphatic rings. The molecule has 0 aromatic rings. The maximum atomic E-state index is 12.4. The lowest BCUT2D eigenvalue weighted by molar-refractivity contribution is 0.121. The van der Waals surface area contributed by atoms with Crippen LogP contribution in [0.5, 0.6) is 0 Å². The topological polar surface area (TPSA) is 38.8 Å². The average Bonchev–Trinajstić information content (AvgIpc) is 2.86. The number of likely N-dealkylation sites (tertiary alicyclic amines) is 2. The molecule has 5 nitrogen and oxygen atoms in total. The van der Waals surface area contributed by atoms with Crippen molar-refractivity contribution in [2.24, 2.45) is 0 Å². The third kappa shape index (κ3) is 3.83. The van der Waals surface area contributed by atoms with Gasteiger partial charge in [0.15, 0.2) is 0 Å². The molecule has 5 heteroatoms. The number of likely N-dealkylation sites (N-methyl/N-ethyl adjacent to an activating group) is 1. The Hall–Kier alpha value is -0.810. The van der Waals surface area contributed by atoms with Crippen molar-refractivity contribution in [2.45, 2.75) is 31.2 Å². The van der Waals surface area contributed by atoms with Gasteiger partial charge >= 0.3 is 6.03 Å². The van der Waals surface area contributed by atoms with Crippen molar-refractivity contribution < 1.29 is 4.79 Å². The Balaban J connectivity index is 1.98. The van der Waals surface area contributed by atoms with Crippen LogP contribution in [0.4, 0.5) is 4.79 Å². The van der Waals surface area contributed by atoms with E-state index >= 15 is 0 Å². The molecule has 0 bridgehead atoms. The molecule has 0 aromatic heterocycles. The molecule has 2 rings (SSSR count). The van der Waals surface area contributed by atoms with E-state index in [1.807, 2.05) is 4.90 Å². The Kier molecular flexibility index (Phi) is 4.68. The summed E-state index contributed by atoms with van der Waals surface area (Å²) in [5, 5.41) is 3.34. The average molecular weight is 268 g/mol. The van der Waals surface area contributed by atoms with Crippen LogP contribution in [0, 0.1) is 0 Å². The van der Waals surface area contributed by atoms with E-state index < -0.39 is 0 Å². The first-order valence-electron chi connectivity index (χ1n) is 7.41. The molecular formula is C14H28N4O. The second-order valence-electron chi connectivity index (χ2n) is 6.45. The van der Waals surface area contributed by atoms with Crippen molar-refractivity contribution in [1.82, 2.24) is 20.0 Å². The summed E-state index contributed by atoms with van der Waals surface area (Å²) in [4.78, 5) is 18.9. The number of rotatable bonds is 3. The van der Waals surface area contributed by atoms with Crippen molar-refractivity contribution in [3.63, 3.8) is 0 Å². The lowest BCUT2D eigenvalue weighted by Crippen LogP contribution is -2.61. The highest BCUT2D eigenvalue weighted by molar-refractivity contribution is 5.75. The molecule has 0 atom stereocenters. The molecule has 0 saturated carbocycles. The van der Waals surface area contributed by atoms with Crippen LogP contribution < -0.4 is 5.32 Å². The summed E-state index contributed by atoms with van der Waals surface area (Å²) in [5.74, 6) is 0. The van der Waals surface area contributed by atoms with Gasteiger partial charge < -0.3 is 20.0 Å². The number of carbonyl (C=O) groups is 1. The molecule has 0 aliphatic carbocycles. The second kappa shape index (κ2) is 6.09. The van der Waals surface area contributed by atoms with Gasteiger partial charge in [-0.2, -0.15) is 0 Å². The van der Waals surface area contributed by atoms with Gasteiger partial charge in [0.1, 0.15) is 0 Å². The van der Waals surface area contributed by atoms with E-state index in [0.717, 1.165) is 58.4 Å². The molecule has 19 heavy (non-hydrogen) atoms. The molecule has 110 valence electrons. The summed E-state index contributed by atoms with van der Waals surface area (Å²) in [6.45, 7) is 4.90. The summed E-state index contributed by atoms with van der Waals surface area (Å²) in [6, 6.07) is 0.143. The zero-order chi connectivity index (χ0) is 13.9. The first kappa shape index (κ1) is 14.6. The third-order valence-corrected chi connectivity index (χ3v) is 4.33. The van der Waals surface area contributed by atoms with Gasteiger partial charge in [-0.15, -0.1) is 0 Å². The molecule has 0 unspecified atom stereocenters. The predicted octanol–water partition coefficient (Wildman–Crippen LogP) is 0.818. The summed E-state index contributed by atoms with van der Waals surface area (Å²) >= 11 is 0. The minimum atomic E-state index is -0.0459. The predicted molar refractivity (Wildman–Crippen MR) is 77.4 cm³/mol. The Labute approximate surface area is 116 Å². The Morgan fingerprint density at radius 1 is 1.16 bits per heavy atom. The molecule has 2 fully saturated rings. The Morgan fingerprint density at radius 2 is 1.74 bits per heavy atom. The Bertz CT molecular complexity index is 305. The lowest BCUT2D eigenvalue weighted by Gasteiger charge is -2.43. The van der Waals surface area contributed by atoms with Gasteiger partial charge in [0.25, 0.3) is 0 Å². The lowest BCUT2D eigenvalue weighted by atomic mass is 9.87. The number of piperidine rings is 1. The Morgan fingerprint density at radius 3 is 2.26 bits per heavy atom. The number of nitrogens with zero attached hydrogens (tertiary/aromatic N) is 3. The number of hydrogen-bond acceptors (Lipinski definition) is 3. The highest BCUT2D eigenvalue weighted by Gasteiger charge is 2.37. The summed E-state index contributed by atoms with van der Waals surface area (Å²) in [6.07, 6.45) is 4.39. The van der Waals surface area contributed by atoms with Crippen LogP contribution in [0.1, 0.15) is 25.7 Å². The van der Waals surface area contributed by atoms with E-state index in [1.54, 1.807) is 0 Å². The van der Waals surface area contributed by atoms with Crippen LogP contribution in [0.15, 0.2) is 0 Å². The maximum Gasteiger partial charge on any atom is 0.317 e. The van der Waals surface area contributed by atoms with Gasteiger partial charge in [-0.25, -0.2) is 4.79 Å². The molecular weight excluding hydrogens is 240 g/mol. The SMILES string of the molecule is CN(C)CC1(NC(=O)N2CCCC2)CCN(C)CC1. The largest absolute Gasteiger partial charge is 0.331 e. The summed E-state index contributed by atoms with van der Waals surface area (Å²) in [5.41, 5.74) is -0.0459. The van der Waals surface area contributed by atoms with E-state index in [-0.39, 0.29) is 11.6 Å². The zero-order valence-corrected chi connectivity index (χ0v) is 12.6. The van der Waals surface area contributed by atoms with E-state index in [4.69, 9.17) is 0 Å². The molecule has 0 radical (unpaired) electrons. The minimum absolute atomic E-state index is 0.0459. The standard InChI is InChI=1S/C14H28N4O/c1-16(2)12-14(6-10-17(3)11-7-14)15-13(19)18-8-4-5-9-18/h4-12H2,1-3H3,(H,15,19). The van der Waals surface area contributed by atoms with Gasteiger partial charge in [-0.3, -0.25) is 0 Å². The van der Waals surface area contributed by atoms with Crippen LogP contribution >= 0.6 is 0 Å². The molecule has 2 amide bonds. The smallest absolute Gasteiger partial charge is 0.317 e. The zero-order valence-electron chi connectivity index (χ0n) is 12.6. The quantitative estimate of drug-likeness (QED) is 0.823. The van der Waals surface area contributed by atoms with Crippen LogP contribution in [-0.4, -0.2) is 80.1 Å². The van der Waals surface area contributed by atoms with Gasteiger partial charge in [0.05, 0.1) is 5.54 Å². The van der Waals surface area contributed by atoms with Crippen molar-refractivity contribution in [1.29, 1.82) is 0 Å². The second-order valence-corrected chi connectivity index (χ2v) is 6.45. The van der Waals surface area contributed by atoms with E-state index in [2.05, 4.69) is 36.3 Å². The summed E-state index contributed by atoms with van der Waals surface area (Å²) in [7, 11) is 6.33. The van der Waals surface area contributed by atoms with Crippen molar-refractivity contribution in [3.05, 3.63) is 0 Å².